The van der Waals surface area contributed by atoms with E-state index in [-0.39, 0.29) is 6.04 Å². The first kappa shape index (κ1) is 12.2. The molecule has 0 saturated heterocycles. The van der Waals surface area contributed by atoms with Crippen molar-refractivity contribution in [3.05, 3.63) is 35.5 Å². The molecule has 0 amide bonds. The highest BCUT2D eigenvalue weighted by Gasteiger charge is 2.09. The molecule has 0 bridgehead atoms. The Labute approximate surface area is 103 Å². The Morgan fingerprint density at radius 2 is 2.06 bits per heavy atom. The van der Waals surface area contributed by atoms with Gasteiger partial charge in [0.25, 0.3) is 0 Å². The maximum absolute atomic E-state index is 5.84. The van der Waals surface area contributed by atoms with Gasteiger partial charge in [0, 0.05) is 24.7 Å². The first-order valence-corrected chi connectivity index (χ1v) is 6.44. The van der Waals surface area contributed by atoms with Gasteiger partial charge in [0.15, 0.2) is 0 Å². The number of aryl methyl sites for hydroxylation is 3. The van der Waals surface area contributed by atoms with Crippen molar-refractivity contribution < 1.29 is 0 Å². The van der Waals surface area contributed by atoms with E-state index in [1.807, 2.05) is 0 Å². The number of nitrogens with zero attached hydrogens (tertiary/aromatic N) is 1. The van der Waals surface area contributed by atoms with Gasteiger partial charge in [-0.3, -0.25) is 0 Å². The summed E-state index contributed by atoms with van der Waals surface area (Å²) in [7, 11) is 2.14. The summed E-state index contributed by atoms with van der Waals surface area (Å²) < 4.78 is 2.25. The van der Waals surface area contributed by atoms with Gasteiger partial charge in [0.2, 0.25) is 0 Å². The predicted molar refractivity (Wildman–Crippen MR) is 74.3 cm³/mol. The first-order chi connectivity index (χ1) is 8.13. The molecule has 1 atom stereocenters. The third-order valence-electron chi connectivity index (χ3n) is 3.42. The molecular weight excluding hydrogens is 208 g/mol. The van der Waals surface area contributed by atoms with Crippen LogP contribution < -0.4 is 5.73 Å². The van der Waals surface area contributed by atoms with Gasteiger partial charge in [-0.05, 0) is 37.3 Å². The largest absolute Gasteiger partial charge is 0.350 e. The van der Waals surface area contributed by atoms with Crippen LogP contribution >= 0.6 is 0 Å². The monoisotopic (exact) mass is 230 g/mol. The molecule has 0 aliphatic carbocycles. The van der Waals surface area contributed by atoms with Crippen LogP contribution in [-0.2, 0) is 19.9 Å². The van der Waals surface area contributed by atoms with Crippen LogP contribution in [0.2, 0.25) is 0 Å². The zero-order chi connectivity index (χ0) is 12.4. The fourth-order valence-corrected chi connectivity index (χ4v) is 2.50. The Hall–Kier alpha value is -1.28. The van der Waals surface area contributed by atoms with Crippen LogP contribution in [0.25, 0.3) is 10.9 Å². The molecule has 1 heterocycles. The predicted octanol–water partition coefficient (Wildman–Crippen LogP) is 3.02. The molecule has 0 aliphatic rings. The van der Waals surface area contributed by atoms with Crippen LogP contribution in [0.5, 0.6) is 0 Å². The summed E-state index contributed by atoms with van der Waals surface area (Å²) in [5, 5.41) is 1.40. The van der Waals surface area contributed by atoms with Crippen molar-refractivity contribution >= 4 is 10.9 Å². The number of para-hydroxylation sites is 1. The van der Waals surface area contributed by atoms with Gasteiger partial charge >= 0.3 is 0 Å². The molecule has 2 aromatic rings. The molecule has 2 nitrogen and oxygen atoms in total. The summed E-state index contributed by atoms with van der Waals surface area (Å²) in [6.07, 6.45) is 5.46. The second-order valence-corrected chi connectivity index (χ2v) is 4.95. The van der Waals surface area contributed by atoms with Gasteiger partial charge in [-0.1, -0.05) is 25.1 Å². The van der Waals surface area contributed by atoms with Crippen molar-refractivity contribution in [3.8, 4) is 0 Å². The van der Waals surface area contributed by atoms with Crippen LogP contribution in [-0.4, -0.2) is 10.6 Å². The van der Waals surface area contributed by atoms with E-state index in [0.29, 0.717) is 0 Å². The second-order valence-electron chi connectivity index (χ2n) is 4.95. The molecule has 17 heavy (non-hydrogen) atoms. The van der Waals surface area contributed by atoms with Gasteiger partial charge in [0.05, 0.1) is 5.52 Å². The zero-order valence-electron chi connectivity index (χ0n) is 11.0. The lowest BCUT2D eigenvalue weighted by Crippen LogP contribution is -2.15. The number of fused-ring (bicyclic) bond motifs is 1. The standard InChI is InChI=1S/C15H22N2/c1-4-12-6-5-7-14-13(9-8-11(2)16)10-17(3)15(12)14/h5-7,10-11H,4,8-9,16H2,1-3H3/t11-/m1/s1. The summed E-state index contributed by atoms with van der Waals surface area (Å²) in [6.45, 7) is 4.28. The molecular formula is C15H22N2. The Bertz CT molecular complexity index is 509. The summed E-state index contributed by atoms with van der Waals surface area (Å²) in [4.78, 5) is 0. The second kappa shape index (κ2) is 4.92. The number of hydrogen-bond donors (Lipinski definition) is 1. The molecule has 1 aromatic heterocycles. The average Bonchev–Trinajstić information content (AvgIpc) is 2.64. The summed E-state index contributed by atoms with van der Waals surface area (Å²) >= 11 is 0. The van der Waals surface area contributed by atoms with Crippen molar-refractivity contribution in [2.45, 2.75) is 39.2 Å². The van der Waals surface area contributed by atoms with Crippen LogP contribution in [0, 0.1) is 0 Å². The molecule has 0 unspecified atom stereocenters. The topological polar surface area (TPSA) is 30.9 Å². The van der Waals surface area contributed by atoms with Gasteiger partial charge < -0.3 is 10.3 Å². The Balaban J connectivity index is 2.45. The minimum Gasteiger partial charge on any atom is -0.350 e. The van der Waals surface area contributed by atoms with E-state index in [4.69, 9.17) is 5.73 Å². The van der Waals surface area contributed by atoms with E-state index >= 15 is 0 Å². The Morgan fingerprint density at radius 3 is 2.71 bits per heavy atom. The van der Waals surface area contributed by atoms with Crippen LogP contribution in [0.4, 0.5) is 0 Å². The molecule has 0 radical (unpaired) electrons. The molecule has 0 saturated carbocycles. The number of nitrogens with two attached hydrogens (primary N) is 1. The van der Waals surface area contributed by atoms with E-state index in [2.05, 4.69) is 49.9 Å². The fourth-order valence-electron chi connectivity index (χ4n) is 2.50. The molecule has 2 N–H and O–H groups in total. The number of aromatic nitrogens is 1. The summed E-state index contributed by atoms with van der Waals surface area (Å²) in [5.41, 5.74) is 10.1. The van der Waals surface area contributed by atoms with Crippen molar-refractivity contribution in [2.75, 3.05) is 0 Å². The van der Waals surface area contributed by atoms with Crippen molar-refractivity contribution in [1.82, 2.24) is 4.57 Å². The lowest BCUT2D eigenvalue weighted by molar-refractivity contribution is 0.667. The van der Waals surface area contributed by atoms with E-state index in [0.717, 1.165) is 19.3 Å². The highest BCUT2D eigenvalue weighted by atomic mass is 14.9. The van der Waals surface area contributed by atoms with E-state index in [1.165, 1.54) is 22.0 Å². The van der Waals surface area contributed by atoms with Crippen molar-refractivity contribution in [1.29, 1.82) is 0 Å². The van der Waals surface area contributed by atoms with E-state index in [1.54, 1.807) is 0 Å². The quantitative estimate of drug-likeness (QED) is 0.860. The number of benzene rings is 1. The van der Waals surface area contributed by atoms with Gasteiger partial charge in [0.1, 0.15) is 0 Å². The third kappa shape index (κ3) is 2.37. The molecule has 0 fully saturated rings. The highest BCUT2D eigenvalue weighted by molar-refractivity contribution is 5.86. The smallest absolute Gasteiger partial charge is 0.0512 e. The Morgan fingerprint density at radius 1 is 1.29 bits per heavy atom. The van der Waals surface area contributed by atoms with Gasteiger partial charge in [-0.25, -0.2) is 0 Å². The average molecular weight is 230 g/mol. The van der Waals surface area contributed by atoms with E-state index < -0.39 is 0 Å². The van der Waals surface area contributed by atoms with Crippen molar-refractivity contribution in [3.63, 3.8) is 0 Å². The summed E-state index contributed by atoms with van der Waals surface area (Å²) in [5.74, 6) is 0. The lowest BCUT2D eigenvalue weighted by Gasteiger charge is -2.04. The van der Waals surface area contributed by atoms with Crippen LogP contribution in [0.15, 0.2) is 24.4 Å². The minimum absolute atomic E-state index is 0.277. The van der Waals surface area contributed by atoms with E-state index in [9.17, 15) is 0 Å². The highest BCUT2D eigenvalue weighted by Crippen LogP contribution is 2.25. The maximum Gasteiger partial charge on any atom is 0.0512 e. The fraction of sp³-hybridized carbons (Fsp3) is 0.467. The molecule has 0 aliphatic heterocycles. The van der Waals surface area contributed by atoms with Crippen molar-refractivity contribution in [2.24, 2.45) is 12.8 Å². The Kier molecular flexibility index (Phi) is 3.53. The summed E-state index contributed by atoms with van der Waals surface area (Å²) in [6, 6.07) is 6.89. The SMILES string of the molecule is CCc1cccc2c(CC[C@@H](C)N)cn(C)c12. The molecule has 92 valence electrons. The molecule has 2 rings (SSSR count). The van der Waals surface area contributed by atoms with Crippen LogP contribution in [0.1, 0.15) is 31.4 Å². The number of hydrogen-bond acceptors (Lipinski definition) is 1. The lowest BCUT2D eigenvalue weighted by atomic mass is 10.0. The van der Waals surface area contributed by atoms with Gasteiger partial charge in [-0.2, -0.15) is 0 Å². The normalized spacial score (nSPS) is 13.2. The minimum atomic E-state index is 0.277. The zero-order valence-corrected chi connectivity index (χ0v) is 11.0. The van der Waals surface area contributed by atoms with Gasteiger partial charge in [-0.15, -0.1) is 0 Å². The maximum atomic E-state index is 5.84. The number of rotatable bonds is 4. The molecule has 1 aromatic carbocycles. The first-order valence-electron chi connectivity index (χ1n) is 6.44. The molecule has 0 spiro atoms. The molecule has 2 heteroatoms. The van der Waals surface area contributed by atoms with Crippen LogP contribution in [0.3, 0.4) is 0 Å². The third-order valence-corrected chi connectivity index (χ3v) is 3.42.